The van der Waals surface area contributed by atoms with Gasteiger partial charge in [-0.25, -0.2) is 9.97 Å². The summed E-state index contributed by atoms with van der Waals surface area (Å²) < 4.78 is 7.97. The van der Waals surface area contributed by atoms with Crippen molar-refractivity contribution in [3.8, 4) is 5.69 Å². The van der Waals surface area contributed by atoms with E-state index >= 15 is 0 Å². The number of aromatic nitrogens is 5. The number of piperidine rings is 1. The lowest BCUT2D eigenvalue weighted by Gasteiger charge is -2.31. The minimum absolute atomic E-state index is 0.345. The summed E-state index contributed by atoms with van der Waals surface area (Å²) in [4.78, 5) is 13.8. The minimum Gasteiger partial charge on any atom is -0.380 e. The number of hydrogen-bond acceptors (Lipinski definition) is 7. The Morgan fingerprint density at radius 2 is 1.85 bits per heavy atom. The molecular formula is C24H28ClN7O. The van der Waals surface area contributed by atoms with Gasteiger partial charge >= 0.3 is 0 Å². The van der Waals surface area contributed by atoms with Crippen LogP contribution in [0.3, 0.4) is 0 Å². The van der Waals surface area contributed by atoms with Crippen LogP contribution in [-0.4, -0.2) is 62.0 Å². The number of halogens is 1. The maximum atomic E-state index is 6.41. The molecule has 2 saturated heterocycles. The van der Waals surface area contributed by atoms with Crippen molar-refractivity contribution in [1.29, 1.82) is 0 Å². The first-order valence-corrected chi connectivity index (χ1v) is 12.1. The number of rotatable bonds is 3. The largest absolute Gasteiger partial charge is 0.380 e. The van der Waals surface area contributed by atoms with Gasteiger partial charge in [0, 0.05) is 55.6 Å². The smallest absolute Gasteiger partial charge is 0.225 e. The number of aryl methyl sites for hydroxylation is 1. The fourth-order valence-electron chi connectivity index (χ4n) is 5.27. The predicted octanol–water partition coefficient (Wildman–Crippen LogP) is 3.51. The Labute approximate surface area is 198 Å². The van der Waals surface area contributed by atoms with Crippen LogP contribution in [0.2, 0.25) is 5.02 Å². The van der Waals surface area contributed by atoms with E-state index in [4.69, 9.17) is 21.4 Å². The van der Waals surface area contributed by atoms with Crippen LogP contribution < -0.4 is 4.90 Å². The van der Waals surface area contributed by atoms with Gasteiger partial charge in [0.15, 0.2) is 5.82 Å². The summed E-state index contributed by atoms with van der Waals surface area (Å²) in [6.45, 7) is 7.04. The zero-order valence-corrected chi connectivity index (χ0v) is 19.6. The van der Waals surface area contributed by atoms with Crippen LogP contribution >= 0.6 is 11.6 Å². The number of ether oxygens (including phenoxy) is 1. The van der Waals surface area contributed by atoms with E-state index in [9.17, 15) is 0 Å². The third kappa shape index (κ3) is 4.00. The summed E-state index contributed by atoms with van der Waals surface area (Å²) >= 11 is 6.41. The van der Waals surface area contributed by atoms with Crippen LogP contribution in [-0.2, 0) is 17.8 Å². The fraction of sp³-hybridized carbons (Fsp3) is 0.500. The third-order valence-electron chi connectivity index (χ3n) is 7.09. The first-order valence-electron chi connectivity index (χ1n) is 11.7. The highest BCUT2D eigenvalue weighted by Gasteiger charge is 2.33. The number of anilines is 1. The molecule has 5 heterocycles. The van der Waals surface area contributed by atoms with Crippen molar-refractivity contribution in [1.82, 2.24) is 29.6 Å². The van der Waals surface area contributed by atoms with Crippen LogP contribution in [0.5, 0.6) is 0 Å². The van der Waals surface area contributed by atoms with Crippen LogP contribution in [0.4, 0.5) is 5.95 Å². The van der Waals surface area contributed by atoms with E-state index in [1.807, 2.05) is 25.4 Å². The monoisotopic (exact) mass is 465 g/mol. The molecule has 9 heteroatoms. The van der Waals surface area contributed by atoms with Crippen molar-refractivity contribution >= 4 is 17.5 Å². The molecule has 3 aliphatic heterocycles. The second kappa shape index (κ2) is 8.66. The summed E-state index contributed by atoms with van der Waals surface area (Å²) in [5, 5.41) is 10.2. The summed E-state index contributed by atoms with van der Waals surface area (Å²) in [6.07, 6.45) is 6.82. The van der Waals surface area contributed by atoms with E-state index in [0.717, 1.165) is 92.5 Å². The third-order valence-corrected chi connectivity index (χ3v) is 7.32. The Morgan fingerprint density at radius 3 is 2.61 bits per heavy atom. The normalized spacial score (nSPS) is 21.6. The molecule has 3 aromatic rings. The number of benzene rings is 1. The molecule has 0 saturated carbocycles. The fourth-order valence-corrected chi connectivity index (χ4v) is 5.46. The SMILES string of the molecule is Cc1cnc(N2CCC(c3nnc4n3-c3ccc(Cl)cc3CN([C@@H]3CCOC3)C4)CC2)nc1. The Bertz CT molecular complexity index is 1130. The average molecular weight is 466 g/mol. The molecule has 8 nitrogen and oxygen atoms in total. The van der Waals surface area contributed by atoms with E-state index in [-0.39, 0.29) is 0 Å². The highest BCUT2D eigenvalue weighted by atomic mass is 35.5. The molecule has 33 heavy (non-hydrogen) atoms. The van der Waals surface area contributed by atoms with Crippen molar-refractivity contribution in [3.05, 3.63) is 58.4 Å². The highest BCUT2D eigenvalue weighted by molar-refractivity contribution is 6.30. The zero-order valence-electron chi connectivity index (χ0n) is 18.8. The molecule has 6 rings (SSSR count). The molecule has 0 radical (unpaired) electrons. The molecule has 1 atom stereocenters. The Kier molecular flexibility index (Phi) is 5.52. The Hall–Kier alpha value is -2.55. The van der Waals surface area contributed by atoms with E-state index in [2.05, 4.69) is 41.6 Å². The van der Waals surface area contributed by atoms with Crippen LogP contribution in [0.15, 0.2) is 30.6 Å². The van der Waals surface area contributed by atoms with Crippen molar-refractivity contribution in [3.63, 3.8) is 0 Å². The van der Waals surface area contributed by atoms with Gasteiger partial charge in [0.2, 0.25) is 5.95 Å². The number of fused-ring (bicyclic) bond motifs is 3. The van der Waals surface area contributed by atoms with Crippen molar-refractivity contribution in [2.24, 2.45) is 0 Å². The molecule has 0 unspecified atom stereocenters. The van der Waals surface area contributed by atoms with Crippen molar-refractivity contribution in [2.75, 3.05) is 31.2 Å². The molecule has 0 spiro atoms. The summed E-state index contributed by atoms with van der Waals surface area (Å²) in [7, 11) is 0. The quantitative estimate of drug-likeness (QED) is 0.586. The van der Waals surface area contributed by atoms with E-state index < -0.39 is 0 Å². The molecule has 172 valence electrons. The van der Waals surface area contributed by atoms with Gasteiger partial charge < -0.3 is 9.64 Å². The molecule has 0 bridgehead atoms. The van der Waals surface area contributed by atoms with E-state index in [1.54, 1.807) is 0 Å². The minimum atomic E-state index is 0.345. The van der Waals surface area contributed by atoms with Gasteiger partial charge in [-0.3, -0.25) is 9.47 Å². The first kappa shape index (κ1) is 21.0. The molecule has 3 aliphatic rings. The molecule has 2 fully saturated rings. The van der Waals surface area contributed by atoms with Crippen LogP contribution in [0.25, 0.3) is 5.69 Å². The lowest BCUT2D eigenvalue weighted by Crippen LogP contribution is -2.35. The molecule has 0 amide bonds. The summed E-state index contributed by atoms with van der Waals surface area (Å²) in [5.41, 5.74) is 3.46. The molecule has 1 aromatic carbocycles. The van der Waals surface area contributed by atoms with E-state index in [0.29, 0.717) is 12.0 Å². The van der Waals surface area contributed by atoms with Gasteiger partial charge in [-0.05, 0) is 55.5 Å². The standard InChI is InChI=1S/C24H28ClN7O/c1-16-11-26-24(27-12-16)30-7-4-17(5-8-30)23-29-28-22-14-31(20-6-9-33-15-20)13-18-10-19(25)2-3-21(18)32(22)23/h2-3,10-12,17,20H,4-9,13-15H2,1H3/t20-/m1/s1. The molecule has 0 N–H and O–H groups in total. The maximum absolute atomic E-state index is 6.41. The first-order chi connectivity index (χ1) is 16.2. The van der Waals surface area contributed by atoms with Gasteiger partial charge in [0.25, 0.3) is 0 Å². The average Bonchev–Trinajstić information content (AvgIpc) is 3.48. The maximum Gasteiger partial charge on any atom is 0.225 e. The van der Waals surface area contributed by atoms with E-state index in [1.165, 1.54) is 5.56 Å². The molecular weight excluding hydrogens is 438 g/mol. The van der Waals surface area contributed by atoms with Gasteiger partial charge in [-0.15, -0.1) is 10.2 Å². The highest BCUT2D eigenvalue weighted by Crippen LogP contribution is 2.35. The summed E-state index contributed by atoms with van der Waals surface area (Å²) in [6, 6.07) is 6.59. The topological polar surface area (TPSA) is 72.2 Å². The van der Waals surface area contributed by atoms with Crippen LogP contribution in [0.1, 0.15) is 48.0 Å². The predicted molar refractivity (Wildman–Crippen MR) is 126 cm³/mol. The van der Waals surface area contributed by atoms with Crippen molar-refractivity contribution < 1.29 is 4.74 Å². The summed E-state index contributed by atoms with van der Waals surface area (Å²) in [5.74, 6) is 3.22. The van der Waals surface area contributed by atoms with Gasteiger partial charge in [-0.2, -0.15) is 0 Å². The van der Waals surface area contributed by atoms with Crippen molar-refractivity contribution in [2.45, 2.75) is 51.2 Å². The van der Waals surface area contributed by atoms with Crippen LogP contribution in [0, 0.1) is 6.92 Å². The molecule has 2 aromatic heterocycles. The van der Waals surface area contributed by atoms with Gasteiger partial charge in [-0.1, -0.05) is 11.6 Å². The Morgan fingerprint density at radius 1 is 1.03 bits per heavy atom. The second-order valence-electron chi connectivity index (χ2n) is 9.33. The zero-order chi connectivity index (χ0) is 22.4. The molecule has 0 aliphatic carbocycles. The second-order valence-corrected chi connectivity index (χ2v) is 9.76. The van der Waals surface area contributed by atoms with Gasteiger partial charge in [0.1, 0.15) is 5.82 Å². The Balaban J connectivity index is 1.29. The van der Waals surface area contributed by atoms with Gasteiger partial charge in [0.05, 0.1) is 18.8 Å². The number of nitrogens with zero attached hydrogens (tertiary/aromatic N) is 7. The lowest BCUT2D eigenvalue weighted by molar-refractivity contribution is 0.133. The lowest BCUT2D eigenvalue weighted by atomic mass is 9.95. The number of hydrogen-bond donors (Lipinski definition) is 0.